The molecule has 1 radical (unpaired) electrons. The summed E-state index contributed by atoms with van der Waals surface area (Å²) in [6, 6.07) is 0. The van der Waals surface area contributed by atoms with Gasteiger partial charge in [0.1, 0.15) is 0 Å². The molecular formula is C6H7N2O2. The minimum atomic E-state index is -0.260. The number of hydrogen-bond acceptors (Lipinski definition) is 4. The first-order valence-corrected chi connectivity index (χ1v) is 2.80. The second kappa shape index (κ2) is 2.51. The molecule has 0 saturated heterocycles. The second-order valence-corrected chi connectivity index (χ2v) is 1.97. The maximum Gasteiger partial charge on any atom is 0.256 e. The van der Waals surface area contributed by atoms with Crippen LogP contribution in [-0.4, -0.2) is 36.1 Å². The molecule has 4 heteroatoms. The van der Waals surface area contributed by atoms with E-state index in [0.717, 1.165) is 0 Å². The molecule has 0 bridgehead atoms. The van der Waals surface area contributed by atoms with Crippen LogP contribution in [0.15, 0.2) is 16.6 Å². The molecule has 0 atom stereocenters. The summed E-state index contributed by atoms with van der Waals surface area (Å²) < 4.78 is 0. The third-order valence-corrected chi connectivity index (χ3v) is 1.26. The van der Waals surface area contributed by atoms with Crippen molar-refractivity contribution in [3.05, 3.63) is 11.6 Å². The topological polar surface area (TPSA) is 52.9 Å². The van der Waals surface area contributed by atoms with Gasteiger partial charge in [0.15, 0.2) is 5.70 Å². The van der Waals surface area contributed by atoms with Gasteiger partial charge in [-0.05, 0) is 0 Å². The molecule has 1 aliphatic heterocycles. The van der Waals surface area contributed by atoms with E-state index in [2.05, 4.69) is 4.99 Å². The fourth-order valence-electron chi connectivity index (χ4n) is 0.696. The van der Waals surface area contributed by atoms with Gasteiger partial charge in [-0.2, -0.15) is 0 Å². The van der Waals surface area contributed by atoms with Crippen LogP contribution in [0.2, 0.25) is 0 Å². The normalized spacial score (nSPS) is 17.9. The number of aliphatic hydroxyl groups excluding tert-OH is 1. The Balaban J connectivity index is 2.94. The van der Waals surface area contributed by atoms with E-state index in [0.29, 0.717) is 6.54 Å². The van der Waals surface area contributed by atoms with E-state index >= 15 is 0 Å². The Labute approximate surface area is 58.5 Å². The summed E-state index contributed by atoms with van der Waals surface area (Å²) in [7, 11) is 1.68. The number of likely N-dealkylation sites (N-methyl/N-ethyl adjacent to an activating group) is 1. The van der Waals surface area contributed by atoms with Crippen LogP contribution < -0.4 is 0 Å². The lowest BCUT2D eigenvalue weighted by Gasteiger charge is -2.18. The first-order chi connectivity index (χ1) is 4.75. The first-order valence-electron chi connectivity index (χ1n) is 2.80. The molecule has 0 aliphatic carbocycles. The number of carbonyl (C=O) groups excluding carboxylic acids is 1. The lowest BCUT2D eigenvalue weighted by Crippen LogP contribution is -2.25. The van der Waals surface area contributed by atoms with Crippen molar-refractivity contribution in [3.8, 4) is 0 Å². The summed E-state index contributed by atoms with van der Waals surface area (Å²) >= 11 is 0. The van der Waals surface area contributed by atoms with E-state index in [-0.39, 0.29) is 11.6 Å². The predicted molar refractivity (Wildman–Crippen MR) is 36.5 cm³/mol. The molecule has 0 unspecified atom stereocenters. The summed E-state index contributed by atoms with van der Waals surface area (Å²) in [5, 5.41) is 8.92. The average molecular weight is 139 g/mol. The summed E-state index contributed by atoms with van der Waals surface area (Å²) in [5.41, 5.74) is 0.113. The number of aliphatic imine (C=N–C) groups is 1. The summed E-state index contributed by atoms with van der Waals surface area (Å²) in [5.74, 6) is -0.260. The van der Waals surface area contributed by atoms with E-state index < -0.39 is 0 Å². The van der Waals surface area contributed by atoms with Gasteiger partial charge in [0, 0.05) is 13.3 Å². The van der Waals surface area contributed by atoms with E-state index in [9.17, 15) is 4.79 Å². The highest BCUT2D eigenvalue weighted by Crippen LogP contribution is 2.07. The van der Waals surface area contributed by atoms with Crippen molar-refractivity contribution in [2.24, 2.45) is 4.99 Å². The Morgan fingerprint density at radius 2 is 2.60 bits per heavy atom. The smallest absolute Gasteiger partial charge is 0.256 e. The van der Waals surface area contributed by atoms with Crippen LogP contribution in [0.5, 0.6) is 0 Å². The van der Waals surface area contributed by atoms with Crippen LogP contribution in [-0.2, 0) is 4.79 Å². The zero-order chi connectivity index (χ0) is 7.56. The van der Waals surface area contributed by atoms with Gasteiger partial charge in [-0.3, -0.25) is 4.79 Å². The Morgan fingerprint density at radius 1 is 1.90 bits per heavy atom. The Morgan fingerprint density at radius 3 is 3.00 bits per heavy atom. The molecule has 10 heavy (non-hydrogen) atoms. The third kappa shape index (κ3) is 1.00. The van der Waals surface area contributed by atoms with Crippen molar-refractivity contribution in [1.29, 1.82) is 0 Å². The monoisotopic (exact) mass is 139 g/mol. The molecule has 4 nitrogen and oxygen atoms in total. The van der Waals surface area contributed by atoms with Gasteiger partial charge in [-0.15, -0.1) is 0 Å². The summed E-state index contributed by atoms with van der Waals surface area (Å²) in [6.07, 6.45) is 3.12. The lowest BCUT2D eigenvalue weighted by molar-refractivity contribution is 0.358. The van der Waals surface area contributed by atoms with Crippen molar-refractivity contribution < 1.29 is 9.90 Å². The van der Waals surface area contributed by atoms with Crippen molar-refractivity contribution in [2.75, 3.05) is 13.6 Å². The molecule has 0 aromatic carbocycles. The van der Waals surface area contributed by atoms with Crippen LogP contribution in [0.25, 0.3) is 0 Å². The highest BCUT2D eigenvalue weighted by molar-refractivity contribution is 5.77. The molecule has 0 saturated carbocycles. The molecule has 1 aliphatic rings. The standard InChI is InChI=1S/C6H7N2O2/c1-8-3-2-7-6(10)5(8)4-9/h2,10H,3H2,1H3. The van der Waals surface area contributed by atoms with Gasteiger partial charge in [-0.1, -0.05) is 0 Å². The first kappa shape index (κ1) is 6.80. The molecule has 1 rings (SSSR count). The van der Waals surface area contributed by atoms with Gasteiger partial charge < -0.3 is 10.0 Å². The summed E-state index contributed by atoms with van der Waals surface area (Å²) in [4.78, 5) is 15.2. The third-order valence-electron chi connectivity index (χ3n) is 1.26. The molecule has 0 amide bonds. The SMILES string of the molecule is CN1CC=NC(O)=C1[C]=O. The van der Waals surface area contributed by atoms with Gasteiger partial charge in [0.2, 0.25) is 5.88 Å². The van der Waals surface area contributed by atoms with Crippen molar-refractivity contribution >= 4 is 12.5 Å². The Bertz CT molecular complexity index is 208. The Kier molecular flexibility index (Phi) is 1.71. The number of rotatable bonds is 1. The van der Waals surface area contributed by atoms with Crippen molar-refractivity contribution in [2.45, 2.75) is 0 Å². The van der Waals surface area contributed by atoms with Gasteiger partial charge >= 0.3 is 0 Å². The maximum atomic E-state index is 10.1. The fraction of sp³-hybridized carbons (Fsp3) is 0.333. The van der Waals surface area contributed by atoms with Crippen molar-refractivity contribution in [1.82, 2.24) is 4.90 Å². The fourth-order valence-corrected chi connectivity index (χ4v) is 0.696. The largest absolute Gasteiger partial charge is 0.492 e. The number of hydrogen-bond donors (Lipinski definition) is 1. The maximum absolute atomic E-state index is 10.1. The van der Waals surface area contributed by atoms with Crippen LogP contribution in [0.1, 0.15) is 0 Å². The quantitative estimate of drug-likeness (QED) is 0.549. The molecular weight excluding hydrogens is 132 g/mol. The zero-order valence-corrected chi connectivity index (χ0v) is 5.53. The van der Waals surface area contributed by atoms with Gasteiger partial charge in [-0.25, -0.2) is 4.99 Å². The van der Waals surface area contributed by atoms with E-state index in [1.807, 2.05) is 0 Å². The minimum Gasteiger partial charge on any atom is -0.492 e. The van der Waals surface area contributed by atoms with Crippen LogP contribution in [0, 0.1) is 0 Å². The van der Waals surface area contributed by atoms with Crippen LogP contribution >= 0.6 is 0 Å². The molecule has 0 aromatic heterocycles. The molecule has 0 fully saturated rings. The summed E-state index contributed by atoms with van der Waals surface area (Å²) in [6.45, 7) is 0.536. The van der Waals surface area contributed by atoms with E-state index in [1.54, 1.807) is 18.2 Å². The lowest BCUT2D eigenvalue weighted by atomic mass is 10.4. The minimum absolute atomic E-state index is 0.113. The van der Waals surface area contributed by atoms with Gasteiger partial charge in [0.05, 0.1) is 6.54 Å². The predicted octanol–water partition coefficient (Wildman–Crippen LogP) is -0.161. The number of nitrogens with zero attached hydrogens (tertiary/aromatic N) is 2. The highest BCUT2D eigenvalue weighted by atomic mass is 16.3. The molecule has 1 heterocycles. The molecule has 0 spiro atoms. The molecule has 1 N–H and O–H groups in total. The number of allylic oxidation sites excluding steroid dienone is 1. The van der Waals surface area contributed by atoms with Crippen molar-refractivity contribution in [3.63, 3.8) is 0 Å². The Hall–Kier alpha value is -1.32. The highest BCUT2D eigenvalue weighted by Gasteiger charge is 2.12. The molecule has 0 aromatic rings. The average Bonchev–Trinajstić information content (AvgIpc) is 1.88. The number of aliphatic hydroxyl groups is 1. The van der Waals surface area contributed by atoms with E-state index in [1.165, 1.54) is 6.21 Å². The van der Waals surface area contributed by atoms with E-state index in [4.69, 9.17) is 5.11 Å². The molecule has 53 valence electrons. The second-order valence-electron chi connectivity index (χ2n) is 1.97. The zero-order valence-electron chi connectivity index (χ0n) is 5.53. The van der Waals surface area contributed by atoms with Gasteiger partial charge in [0.25, 0.3) is 6.29 Å². The van der Waals surface area contributed by atoms with Crippen LogP contribution in [0.3, 0.4) is 0 Å². The van der Waals surface area contributed by atoms with Crippen LogP contribution in [0.4, 0.5) is 0 Å².